The number of carbonyl (C=O) groups is 1. The van der Waals surface area contributed by atoms with Gasteiger partial charge in [0, 0.05) is 11.1 Å². The predicted octanol–water partition coefficient (Wildman–Crippen LogP) is 4.46. The van der Waals surface area contributed by atoms with Crippen LogP contribution in [0.25, 0.3) is 0 Å². The van der Waals surface area contributed by atoms with Crippen molar-refractivity contribution in [2.75, 3.05) is 0 Å². The maximum atomic E-state index is 12.7. The van der Waals surface area contributed by atoms with E-state index in [0.29, 0.717) is 26.6 Å². The molecule has 0 aromatic heterocycles. The van der Waals surface area contributed by atoms with E-state index in [0.717, 1.165) is 5.56 Å². The van der Waals surface area contributed by atoms with Gasteiger partial charge in [-0.25, -0.2) is 0 Å². The van der Waals surface area contributed by atoms with E-state index in [2.05, 4.69) is 20.8 Å². The van der Waals surface area contributed by atoms with E-state index in [1.165, 1.54) is 0 Å². The number of hydrogen-bond acceptors (Lipinski definition) is 2. The second kappa shape index (κ2) is 4.96. The molecule has 0 aliphatic carbocycles. The Labute approximate surface area is 134 Å². The molecule has 0 spiro atoms. The largest absolute Gasteiger partial charge is 0.618 e. The van der Waals surface area contributed by atoms with E-state index < -0.39 is 0 Å². The van der Waals surface area contributed by atoms with Gasteiger partial charge in [0.1, 0.15) is 5.56 Å². The fourth-order valence-electron chi connectivity index (χ4n) is 2.59. The van der Waals surface area contributed by atoms with Crippen LogP contribution in [0.2, 0.25) is 5.02 Å². The van der Waals surface area contributed by atoms with Gasteiger partial charge in [-0.2, -0.15) is 4.74 Å². The topological polar surface area (TPSA) is 43.1 Å². The molecule has 0 atom stereocenters. The molecule has 0 saturated carbocycles. The van der Waals surface area contributed by atoms with Gasteiger partial charge < -0.3 is 5.21 Å². The second-order valence-corrected chi connectivity index (χ2v) is 6.90. The Bertz CT molecular complexity index is 816. The van der Waals surface area contributed by atoms with Crippen molar-refractivity contribution in [1.82, 2.24) is 0 Å². The van der Waals surface area contributed by atoms with Gasteiger partial charge in [0.25, 0.3) is 11.5 Å². The van der Waals surface area contributed by atoms with Crippen molar-refractivity contribution >= 4 is 28.8 Å². The summed E-state index contributed by atoms with van der Waals surface area (Å²) in [5, 5.41) is 13.0. The molecule has 1 heterocycles. The number of hydrogen-bond donors (Lipinski definition) is 0. The van der Waals surface area contributed by atoms with Crippen LogP contribution >= 0.6 is 11.6 Å². The van der Waals surface area contributed by atoms with E-state index in [9.17, 15) is 10.0 Å². The number of benzene rings is 2. The van der Waals surface area contributed by atoms with Crippen LogP contribution < -0.4 is 0 Å². The van der Waals surface area contributed by atoms with Crippen LogP contribution in [0.15, 0.2) is 42.5 Å². The molecule has 0 saturated heterocycles. The van der Waals surface area contributed by atoms with Crippen LogP contribution in [0, 0.1) is 5.21 Å². The lowest BCUT2D eigenvalue weighted by molar-refractivity contribution is -0.355. The summed E-state index contributed by atoms with van der Waals surface area (Å²) in [5.74, 6) is -0.252. The van der Waals surface area contributed by atoms with E-state index in [1.807, 2.05) is 12.1 Å². The summed E-state index contributed by atoms with van der Waals surface area (Å²) < 4.78 is 0.704. The molecular formula is C18H16ClNO2. The van der Waals surface area contributed by atoms with E-state index in [1.54, 1.807) is 30.3 Å². The predicted molar refractivity (Wildman–Crippen MR) is 88.3 cm³/mol. The molecule has 0 fully saturated rings. The maximum absolute atomic E-state index is 12.7. The Kier molecular flexibility index (Phi) is 3.33. The molecule has 0 unspecified atom stereocenters. The lowest BCUT2D eigenvalue weighted by atomic mass is 9.85. The highest BCUT2D eigenvalue weighted by atomic mass is 35.5. The Hall–Kier alpha value is -2.13. The number of carbonyl (C=O) groups excluding carboxylic acids is 1. The number of Topliss-reactive ketones (excluding diaryl/α,β-unsaturated/α-hetero) is 1. The maximum Gasteiger partial charge on any atom is 0.273 e. The highest BCUT2D eigenvalue weighted by Gasteiger charge is 2.37. The Morgan fingerprint density at radius 1 is 1.09 bits per heavy atom. The first-order valence-electron chi connectivity index (χ1n) is 7.08. The first kappa shape index (κ1) is 14.8. The molecule has 0 radical (unpaired) electrons. The van der Waals surface area contributed by atoms with Crippen LogP contribution in [0.3, 0.4) is 0 Å². The van der Waals surface area contributed by atoms with Crippen LogP contribution in [0.4, 0.5) is 5.69 Å². The van der Waals surface area contributed by atoms with Gasteiger partial charge in [-0.15, -0.1) is 0 Å². The molecule has 1 aliphatic heterocycles. The minimum Gasteiger partial charge on any atom is -0.618 e. The minimum atomic E-state index is -0.252. The molecule has 2 aromatic rings. The van der Waals surface area contributed by atoms with Crippen LogP contribution in [-0.4, -0.2) is 16.2 Å². The van der Waals surface area contributed by atoms with Crippen molar-refractivity contribution in [2.24, 2.45) is 0 Å². The average molecular weight is 314 g/mol. The number of nitrogens with zero attached hydrogens (tertiary/aromatic N) is 1. The summed E-state index contributed by atoms with van der Waals surface area (Å²) in [5.41, 5.74) is 2.47. The summed E-state index contributed by atoms with van der Waals surface area (Å²) in [4.78, 5) is 12.7. The summed E-state index contributed by atoms with van der Waals surface area (Å²) in [7, 11) is 0. The van der Waals surface area contributed by atoms with Crippen molar-refractivity contribution in [1.29, 1.82) is 0 Å². The van der Waals surface area contributed by atoms with Gasteiger partial charge in [-0.1, -0.05) is 44.5 Å². The van der Waals surface area contributed by atoms with Gasteiger partial charge in [0.05, 0.1) is 5.56 Å². The first-order chi connectivity index (χ1) is 10.3. The molecule has 0 amide bonds. The first-order valence-corrected chi connectivity index (χ1v) is 7.46. The fourth-order valence-corrected chi connectivity index (χ4v) is 2.78. The summed E-state index contributed by atoms with van der Waals surface area (Å²) in [6, 6.07) is 12.2. The van der Waals surface area contributed by atoms with Crippen LogP contribution in [0.5, 0.6) is 0 Å². The van der Waals surface area contributed by atoms with Gasteiger partial charge in [-0.05, 0) is 35.2 Å². The lowest BCUT2D eigenvalue weighted by Gasteiger charge is -2.19. The number of ketones is 1. The number of rotatable bonds is 1. The van der Waals surface area contributed by atoms with E-state index >= 15 is 0 Å². The SMILES string of the molecule is CC(C)(C)c1ccc2c(c1)C(=O)C(c1cccc(Cl)c1)=[N+]2[O-]. The van der Waals surface area contributed by atoms with E-state index in [4.69, 9.17) is 11.6 Å². The highest BCUT2D eigenvalue weighted by Crippen LogP contribution is 2.33. The Morgan fingerprint density at radius 2 is 1.82 bits per heavy atom. The molecule has 2 aromatic carbocycles. The molecular weight excluding hydrogens is 298 g/mol. The van der Waals surface area contributed by atoms with Crippen molar-refractivity contribution in [3.8, 4) is 0 Å². The van der Waals surface area contributed by atoms with Crippen molar-refractivity contribution in [2.45, 2.75) is 26.2 Å². The molecule has 0 N–H and O–H groups in total. The summed E-state index contributed by atoms with van der Waals surface area (Å²) >= 11 is 5.97. The van der Waals surface area contributed by atoms with Crippen LogP contribution in [0.1, 0.15) is 42.3 Å². The molecule has 1 aliphatic rings. The van der Waals surface area contributed by atoms with Crippen molar-refractivity contribution in [3.05, 3.63) is 69.4 Å². The van der Waals surface area contributed by atoms with Gasteiger partial charge in [0.2, 0.25) is 5.69 Å². The average Bonchev–Trinajstić information content (AvgIpc) is 2.69. The molecule has 112 valence electrons. The van der Waals surface area contributed by atoms with Crippen molar-refractivity contribution in [3.63, 3.8) is 0 Å². The normalized spacial score (nSPS) is 14.5. The summed E-state index contributed by atoms with van der Waals surface area (Å²) in [6.07, 6.45) is 0. The zero-order valence-corrected chi connectivity index (χ0v) is 13.4. The summed E-state index contributed by atoms with van der Waals surface area (Å²) in [6.45, 7) is 6.22. The Balaban J connectivity index is 2.14. The van der Waals surface area contributed by atoms with Gasteiger partial charge >= 0.3 is 0 Å². The Morgan fingerprint density at radius 3 is 2.45 bits per heavy atom. The van der Waals surface area contributed by atoms with Crippen molar-refractivity contribution < 1.29 is 9.53 Å². The third-order valence-electron chi connectivity index (χ3n) is 3.84. The highest BCUT2D eigenvalue weighted by molar-refractivity contribution is 6.52. The van der Waals surface area contributed by atoms with E-state index in [-0.39, 0.29) is 16.9 Å². The zero-order valence-electron chi connectivity index (χ0n) is 12.7. The second-order valence-electron chi connectivity index (χ2n) is 6.46. The molecule has 3 nitrogen and oxygen atoms in total. The molecule has 0 bridgehead atoms. The smallest absolute Gasteiger partial charge is 0.273 e. The third kappa shape index (κ3) is 2.32. The molecule has 3 rings (SSSR count). The minimum absolute atomic E-state index is 0.0815. The zero-order chi connectivity index (χ0) is 16.1. The fraction of sp³-hybridized carbons (Fsp3) is 0.222. The van der Waals surface area contributed by atoms with Gasteiger partial charge in [-0.3, -0.25) is 4.79 Å². The van der Waals surface area contributed by atoms with Gasteiger partial charge in [0.15, 0.2) is 0 Å². The quantitative estimate of drug-likeness (QED) is 0.576. The monoisotopic (exact) mass is 313 g/mol. The lowest BCUT2D eigenvalue weighted by Crippen LogP contribution is -2.17. The molecule has 22 heavy (non-hydrogen) atoms. The number of halogens is 1. The number of fused-ring (bicyclic) bond motifs is 1. The third-order valence-corrected chi connectivity index (χ3v) is 4.08. The standard InChI is InChI=1S/C18H16ClNO2/c1-18(2,3)12-7-8-15-14(10-12)17(21)16(20(15)22)11-5-4-6-13(19)9-11/h4-10H,1-3H3. The van der Waals surface area contributed by atoms with Crippen LogP contribution in [-0.2, 0) is 5.41 Å². The molecule has 4 heteroatoms.